The van der Waals surface area contributed by atoms with Crippen LogP contribution in [0.15, 0.2) is 51.7 Å². The first-order valence-electron chi connectivity index (χ1n) is 9.29. The number of likely N-dealkylation sites (tertiary alicyclic amines) is 1. The number of hydrogen-bond acceptors (Lipinski definition) is 3. The van der Waals surface area contributed by atoms with Gasteiger partial charge in [-0.2, -0.15) is 0 Å². The average molecular weight is 520 g/mol. The molecule has 154 valence electrons. The van der Waals surface area contributed by atoms with E-state index in [2.05, 4.69) is 21.2 Å². The number of pyridine rings is 1. The second-order valence-electron chi connectivity index (χ2n) is 7.58. The summed E-state index contributed by atoms with van der Waals surface area (Å²) in [5.74, 6) is 0.0952. The predicted octanol–water partition coefficient (Wildman–Crippen LogP) is 4.16. The van der Waals surface area contributed by atoms with Crippen LogP contribution in [0.3, 0.4) is 0 Å². The standard InChI is InChI=1S/C20H19BrCl3N3O2/c21-15-6-4-13(5-7-15)18(29)25-19(20(22,23)24)26-9-12-8-14(11-26)16-2-1-3-17(28)27(16)10-12/h1-7,12,14,19H,8-11H2,(H,25,29)/t12-,14+,19?/m0/s1. The molecule has 1 aromatic carbocycles. The zero-order chi connectivity index (χ0) is 20.8. The molecule has 1 fully saturated rings. The zero-order valence-corrected chi connectivity index (χ0v) is 19.2. The van der Waals surface area contributed by atoms with Crippen molar-refractivity contribution < 1.29 is 4.79 Å². The van der Waals surface area contributed by atoms with Gasteiger partial charge in [-0.3, -0.25) is 14.5 Å². The maximum Gasteiger partial charge on any atom is 0.252 e. The van der Waals surface area contributed by atoms with E-state index in [-0.39, 0.29) is 23.3 Å². The highest BCUT2D eigenvalue weighted by Crippen LogP contribution is 2.40. The number of benzene rings is 1. The summed E-state index contributed by atoms with van der Waals surface area (Å²) in [4.78, 5) is 27.0. The van der Waals surface area contributed by atoms with Gasteiger partial charge in [0.1, 0.15) is 6.17 Å². The van der Waals surface area contributed by atoms with Gasteiger partial charge in [0.05, 0.1) is 0 Å². The molecule has 1 saturated heterocycles. The highest BCUT2D eigenvalue weighted by atomic mass is 79.9. The fourth-order valence-electron chi connectivity index (χ4n) is 4.33. The van der Waals surface area contributed by atoms with E-state index in [1.807, 2.05) is 15.5 Å². The SMILES string of the molecule is O=C(NC(N1C[C@@H]2C[C@H](C1)c1cccc(=O)n1C2)C(Cl)(Cl)Cl)c1ccc(Br)cc1. The van der Waals surface area contributed by atoms with E-state index < -0.39 is 9.96 Å². The molecule has 1 amide bonds. The topological polar surface area (TPSA) is 54.3 Å². The minimum atomic E-state index is -1.70. The minimum Gasteiger partial charge on any atom is -0.332 e. The van der Waals surface area contributed by atoms with Gasteiger partial charge in [0.2, 0.25) is 3.79 Å². The molecular weight excluding hydrogens is 501 g/mol. The van der Waals surface area contributed by atoms with Crippen LogP contribution < -0.4 is 10.9 Å². The van der Waals surface area contributed by atoms with Gasteiger partial charge < -0.3 is 9.88 Å². The van der Waals surface area contributed by atoms with Gasteiger partial charge in [0.15, 0.2) is 0 Å². The Hall–Kier alpha value is -1.05. The molecule has 29 heavy (non-hydrogen) atoms. The average Bonchev–Trinajstić information content (AvgIpc) is 2.66. The molecule has 0 aliphatic carbocycles. The maximum atomic E-state index is 12.8. The van der Waals surface area contributed by atoms with Crippen molar-refractivity contribution in [3.05, 3.63) is 68.5 Å². The molecular formula is C20H19BrCl3N3O2. The molecule has 0 spiro atoms. The molecule has 5 nitrogen and oxygen atoms in total. The molecule has 1 N–H and O–H groups in total. The third-order valence-corrected chi connectivity index (χ3v) is 6.71. The van der Waals surface area contributed by atoms with Gasteiger partial charge in [-0.25, -0.2) is 0 Å². The second kappa shape index (κ2) is 8.23. The quantitative estimate of drug-likeness (QED) is 0.620. The summed E-state index contributed by atoms with van der Waals surface area (Å²) in [6.07, 6.45) is 0.198. The number of piperidine rings is 1. The molecule has 2 aromatic rings. The summed E-state index contributed by atoms with van der Waals surface area (Å²) in [6, 6.07) is 12.4. The van der Waals surface area contributed by atoms with Crippen molar-refractivity contribution in [3.63, 3.8) is 0 Å². The number of nitrogens with one attached hydrogen (secondary N) is 1. The van der Waals surface area contributed by atoms with Crippen LogP contribution in [0.2, 0.25) is 0 Å². The van der Waals surface area contributed by atoms with E-state index in [4.69, 9.17) is 34.8 Å². The van der Waals surface area contributed by atoms with Crippen LogP contribution in [0.25, 0.3) is 0 Å². The van der Waals surface area contributed by atoms with Gasteiger partial charge >= 0.3 is 0 Å². The summed E-state index contributed by atoms with van der Waals surface area (Å²) in [6.45, 7) is 1.87. The molecule has 1 aromatic heterocycles. The van der Waals surface area contributed by atoms with Gasteiger partial charge in [-0.15, -0.1) is 0 Å². The van der Waals surface area contributed by atoms with E-state index in [0.717, 1.165) is 16.6 Å². The molecule has 0 saturated carbocycles. The van der Waals surface area contributed by atoms with E-state index >= 15 is 0 Å². The normalized spacial score (nSPS) is 22.6. The number of carbonyl (C=O) groups excluding carboxylic acids is 1. The van der Waals surface area contributed by atoms with Crippen LogP contribution in [-0.2, 0) is 6.54 Å². The van der Waals surface area contributed by atoms with E-state index in [1.165, 1.54) is 0 Å². The van der Waals surface area contributed by atoms with Crippen molar-refractivity contribution in [2.24, 2.45) is 5.92 Å². The van der Waals surface area contributed by atoms with E-state index in [1.54, 1.807) is 36.4 Å². The number of nitrogens with zero attached hydrogens (tertiary/aromatic N) is 2. The number of amides is 1. The molecule has 0 radical (unpaired) electrons. The molecule has 2 bridgehead atoms. The molecule has 4 rings (SSSR count). The largest absolute Gasteiger partial charge is 0.332 e. The van der Waals surface area contributed by atoms with Crippen molar-refractivity contribution >= 4 is 56.6 Å². The van der Waals surface area contributed by atoms with Crippen LogP contribution >= 0.6 is 50.7 Å². The van der Waals surface area contributed by atoms with Gasteiger partial charge in [0, 0.05) is 47.3 Å². The number of alkyl halides is 3. The Morgan fingerprint density at radius 1 is 1.10 bits per heavy atom. The molecule has 3 atom stereocenters. The van der Waals surface area contributed by atoms with E-state index in [0.29, 0.717) is 25.2 Å². The highest BCUT2D eigenvalue weighted by molar-refractivity contribution is 9.10. The van der Waals surface area contributed by atoms with Crippen molar-refractivity contribution in [2.75, 3.05) is 13.1 Å². The number of rotatable bonds is 3. The zero-order valence-electron chi connectivity index (χ0n) is 15.3. The first-order chi connectivity index (χ1) is 13.7. The lowest BCUT2D eigenvalue weighted by Crippen LogP contribution is -2.60. The number of hydrogen-bond donors (Lipinski definition) is 1. The molecule has 2 aliphatic heterocycles. The van der Waals surface area contributed by atoms with Gasteiger partial charge in [-0.05, 0) is 42.7 Å². The Balaban J connectivity index is 1.58. The lowest BCUT2D eigenvalue weighted by molar-refractivity contribution is 0.0586. The first-order valence-corrected chi connectivity index (χ1v) is 11.2. The van der Waals surface area contributed by atoms with Crippen molar-refractivity contribution in [1.82, 2.24) is 14.8 Å². The first kappa shape index (κ1) is 21.2. The Morgan fingerprint density at radius 3 is 2.52 bits per heavy atom. The number of fused-ring (bicyclic) bond motifs is 4. The summed E-state index contributed by atoms with van der Waals surface area (Å²) >= 11 is 22.2. The Kier molecular flexibility index (Phi) is 6.02. The fourth-order valence-corrected chi connectivity index (χ4v) is 5.18. The van der Waals surface area contributed by atoms with Gasteiger partial charge in [0.25, 0.3) is 11.5 Å². The molecule has 2 aliphatic rings. The minimum absolute atomic E-state index is 0.0205. The van der Waals surface area contributed by atoms with Gasteiger partial charge in [-0.1, -0.05) is 56.8 Å². The fraction of sp³-hybridized carbons (Fsp3) is 0.400. The van der Waals surface area contributed by atoms with Crippen molar-refractivity contribution in [1.29, 1.82) is 0 Å². The molecule has 1 unspecified atom stereocenters. The monoisotopic (exact) mass is 517 g/mol. The van der Waals surface area contributed by atoms with Crippen LogP contribution in [0, 0.1) is 5.92 Å². The van der Waals surface area contributed by atoms with E-state index in [9.17, 15) is 9.59 Å². The summed E-state index contributed by atoms with van der Waals surface area (Å²) in [5.41, 5.74) is 1.51. The Labute approximate surface area is 192 Å². The number of halogens is 4. The van der Waals surface area contributed by atoms with Crippen LogP contribution in [0.5, 0.6) is 0 Å². The lowest BCUT2D eigenvalue weighted by atomic mass is 9.83. The second-order valence-corrected chi connectivity index (χ2v) is 10.9. The summed E-state index contributed by atoms with van der Waals surface area (Å²) < 4.78 is 1.03. The smallest absolute Gasteiger partial charge is 0.252 e. The number of aromatic nitrogens is 1. The number of carbonyl (C=O) groups is 1. The third kappa shape index (κ3) is 4.52. The Morgan fingerprint density at radius 2 is 1.83 bits per heavy atom. The van der Waals surface area contributed by atoms with Crippen molar-refractivity contribution in [2.45, 2.75) is 28.8 Å². The maximum absolute atomic E-state index is 12.8. The summed E-state index contributed by atoms with van der Waals surface area (Å²) in [7, 11) is 0. The predicted molar refractivity (Wildman–Crippen MR) is 119 cm³/mol. The Bertz CT molecular complexity index is 974. The van der Waals surface area contributed by atoms with Crippen LogP contribution in [0.1, 0.15) is 28.4 Å². The molecule has 3 heterocycles. The highest BCUT2D eigenvalue weighted by Gasteiger charge is 2.44. The molecule has 9 heteroatoms. The lowest BCUT2D eigenvalue weighted by Gasteiger charge is -2.47. The van der Waals surface area contributed by atoms with Crippen LogP contribution in [0.4, 0.5) is 0 Å². The summed E-state index contributed by atoms with van der Waals surface area (Å²) in [5, 5.41) is 2.89. The van der Waals surface area contributed by atoms with Crippen molar-refractivity contribution in [3.8, 4) is 0 Å². The third-order valence-electron chi connectivity index (χ3n) is 5.56. The van der Waals surface area contributed by atoms with Crippen LogP contribution in [-0.4, -0.2) is 38.4 Å².